The topological polar surface area (TPSA) is 101 Å². The summed E-state index contributed by atoms with van der Waals surface area (Å²) in [5, 5.41) is 8.91. The lowest BCUT2D eigenvalue weighted by Crippen LogP contribution is -2.30. The molecule has 8 heteroatoms. The number of benzene rings is 1. The van der Waals surface area contributed by atoms with E-state index in [0.29, 0.717) is 18.7 Å². The predicted octanol–water partition coefficient (Wildman–Crippen LogP) is 0.792. The Kier molecular flexibility index (Phi) is 5.25. The van der Waals surface area contributed by atoms with Gasteiger partial charge in [-0.2, -0.15) is 0 Å². The number of carboxylic acids is 1. The number of ether oxygens (including phenoxy) is 1. The minimum atomic E-state index is -3.24. The van der Waals surface area contributed by atoms with Gasteiger partial charge in [0.05, 0.1) is 23.8 Å². The molecule has 1 aliphatic heterocycles. The first kappa shape index (κ1) is 17.3. The molecule has 0 aliphatic carbocycles. The number of rotatable bonds is 6. The normalized spacial score (nSPS) is 18.0. The van der Waals surface area contributed by atoms with Crippen LogP contribution in [0.3, 0.4) is 0 Å². The summed E-state index contributed by atoms with van der Waals surface area (Å²) in [6.45, 7) is 0.862. The number of nitrogens with zero attached hydrogens (tertiary/aromatic N) is 1. The van der Waals surface area contributed by atoms with Crippen molar-refractivity contribution in [1.29, 1.82) is 0 Å². The third-order valence-electron chi connectivity index (χ3n) is 3.73. The van der Waals surface area contributed by atoms with E-state index in [2.05, 4.69) is 0 Å². The molecule has 1 atom stereocenters. The number of hydrogen-bond acceptors (Lipinski definition) is 5. The second-order valence-corrected chi connectivity index (χ2v) is 7.52. The molecule has 0 bridgehead atoms. The largest absolute Gasteiger partial charge is 0.493 e. The van der Waals surface area contributed by atoms with Crippen LogP contribution in [-0.4, -0.2) is 56.3 Å². The van der Waals surface area contributed by atoms with E-state index in [4.69, 9.17) is 9.84 Å². The zero-order chi connectivity index (χ0) is 17.0. The van der Waals surface area contributed by atoms with Crippen LogP contribution < -0.4 is 4.74 Å². The fourth-order valence-corrected chi connectivity index (χ4v) is 3.02. The molecular weight excluding hydrogens is 322 g/mol. The molecule has 1 aromatic carbocycles. The minimum absolute atomic E-state index is 0.137. The van der Waals surface area contributed by atoms with Gasteiger partial charge in [-0.1, -0.05) is 0 Å². The van der Waals surface area contributed by atoms with Crippen LogP contribution in [-0.2, 0) is 19.4 Å². The number of aliphatic carboxylic acids is 1. The van der Waals surface area contributed by atoms with Crippen LogP contribution in [0.5, 0.6) is 5.75 Å². The molecule has 1 aliphatic rings. The van der Waals surface area contributed by atoms with Crippen molar-refractivity contribution in [3.05, 3.63) is 24.3 Å². The molecule has 0 aromatic heterocycles. The van der Waals surface area contributed by atoms with Crippen LogP contribution in [0.4, 0.5) is 0 Å². The highest BCUT2D eigenvalue weighted by Gasteiger charge is 2.30. The highest BCUT2D eigenvalue weighted by atomic mass is 32.2. The molecule has 1 aromatic rings. The van der Waals surface area contributed by atoms with Gasteiger partial charge in [-0.3, -0.25) is 9.59 Å². The van der Waals surface area contributed by atoms with Gasteiger partial charge in [0, 0.05) is 19.3 Å². The zero-order valence-corrected chi connectivity index (χ0v) is 13.6. The van der Waals surface area contributed by atoms with Crippen molar-refractivity contribution in [3.8, 4) is 5.75 Å². The number of sulfone groups is 1. The predicted molar refractivity (Wildman–Crippen MR) is 82.0 cm³/mol. The third kappa shape index (κ3) is 4.69. The van der Waals surface area contributed by atoms with Gasteiger partial charge >= 0.3 is 5.97 Å². The molecule has 2 rings (SSSR count). The van der Waals surface area contributed by atoms with Gasteiger partial charge in [-0.25, -0.2) is 8.42 Å². The summed E-state index contributed by atoms with van der Waals surface area (Å²) in [6.07, 6.45) is 1.76. The molecule has 1 saturated heterocycles. The molecule has 23 heavy (non-hydrogen) atoms. The van der Waals surface area contributed by atoms with E-state index >= 15 is 0 Å². The van der Waals surface area contributed by atoms with E-state index in [1.807, 2.05) is 0 Å². The molecule has 0 unspecified atom stereocenters. The summed E-state index contributed by atoms with van der Waals surface area (Å²) >= 11 is 0. The number of carbonyl (C=O) groups excluding carboxylic acids is 1. The summed E-state index contributed by atoms with van der Waals surface area (Å²) in [5.74, 6) is -1.01. The Morgan fingerprint density at radius 2 is 1.96 bits per heavy atom. The summed E-state index contributed by atoms with van der Waals surface area (Å²) in [6, 6.07) is 5.98. The van der Waals surface area contributed by atoms with Gasteiger partial charge in [0.2, 0.25) is 5.91 Å². The van der Waals surface area contributed by atoms with Crippen molar-refractivity contribution >= 4 is 21.7 Å². The first-order chi connectivity index (χ1) is 10.8. The summed E-state index contributed by atoms with van der Waals surface area (Å²) in [4.78, 5) is 24.6. The van der Waals surface area contributed by atoms with E-state index in [-0.39, 0.29) is 30.4 Å². The Balaban J connectivity index is 1.79. The third-order valence-corrected chi connectivity index (χ3v) is 4.86. The standard InChI is InChI=1S/C15H19NO6S/c1-23(20,21)13-4-2-12(3-5-13)22-9-7-14(17)16-8-6-11(10-16)15(18)19/h2-5,11H,6-10H2,1H3,(H,18,19)/t11-/m0/s1. The summed E-state index contributed by atoms with van der Waals surface area (Å²) in [5.41, 5.74) is 0. The Morgan fingerprint density at radius 3 is 2.48 bits per heavy atom. The van der Waals surface area contributed by atoms with Gasteiger partial charge in [0.25, 0.3) is 0 Å². The van der Waals surface area contributed by atoms with Crippen molar-refractivity contribution in [2.24, 2.45) is 5.92 Å². The first-order valence-electron chi connectivity index (χ1n) is 7.21. The number of amides is 1. The minimum Gasteiger partial charge on any atom is -0.493 e. The number of carboxylic acid groups (broad SMARTS) is 1. The molecule has 7 nitrogen and oxygen atoms in total. The SMILES string of the molecule is CS(=O)(=O)c1ccc(OCCC(=O)N2CC[C@H](C(=O)O)C2)cc1. The van der Waals surface area contributed by atoms with Crippen molar-refractivity contribution < 1.29 is 27.9 Å². The fraction of sp³-hybridized carbons (Fsp3) is 0.467. The van der Waals surface area contributed by atoms with Crippen LogP contribution in [0.15, 0.2) is 29.2 Å². The maximum Gasteiger partial charge on any atom is 0.308 e. The van der Waals surface area contributed by atoms with Gasteiger partial charge in [0.1, 0.15) is 5.75 Å². The summed E-state index contributed by atoms with van der Waals surface area (Å²) < 4.78 is 28.1. The van der Waals surface area contributed by atoms with E-state index in [0.717, 1.165) is 6.26 Å². The monoisotopic (exact) mass is 341 g/mol. The zero-order valence-electron chi connectivity index (χ0n) is 12.8. The maximum absolute atomic E-state index is 12.0. The first-order valence-corrected chi connectivity index (χ1v) is 9.10. The van der Waals surface area contributed by atoms with E-state index in [9.17, 15) is 18.0 Å². The number of likely N-dealkylation sites (tertiary alicyclic amines) is 1. The van der Waals surface area contributed by atoms with Crippen LogP contribution in [0.1, 0.15) is 12.8 Å². The van der Waals surface area contributed by atoms with E-state index in [1.165, 1.54) is 29.2 Å². The molecule has 0 radical (unpaired) electrons. The fourth-order valence-electron chi connectivity index (χ4n) is 2.39. The van der Waals surface area contributed by atoms with Gasteiger partial charge < -0.3 is 14.7 Å². The second kappa shape index (κ2) is 6.99. The highest BCUT2D eigenvalue weighted by molar-refractivity contribution is 7.90. The summed E-state index contributed by atoms with van der Waals surface area (Å²) in [7, 11) is -3.24. The molecule has 1 N–H and O–H groups in total. The van der Waals surface area contributed by atoms with Gasteiger partial charge in [-0.05, 0) is 30.7 Å². The molecular formula is C15H19NO6S. The average molecular weight is 341 g/mol. The van der Waals surface area contributed by atoms with E-state index < -0.39 is 21.7 Å². The Labute approximate surface area is 134 Å². The molecule has 0 spiro atoms. The van der Waals surface area contributed by atoms with Gasteiger partial charge in [-0.15, -0.1) is 0 Å². The molecule has 1 heterocycles. The number of carbonyl (C=O) groups is 2. The molecule has 1 amide bonds. The quantitative estimate of drug-likeness (QED) is 0.821. The Bertz CT molecular complexity index is 682. The lowest BCUT2D eigenvalue weighted by molar-refractivity contribution is -0.141. The van der Waals surface area contributed by atoms with Crippen molar-refractivity contribution in [2.45, 2.75) is 17.7 Å². The molecule has 126 valence electrons. The van der Waals surface area contributed by atoms with Crippen LogP contribution >= 0.6 is 0 Å². The Morgan fingerprint density at radius 1 is 1.30 bits per heavy atom. The van der Waals surface area contributed by atoms with E-state index in [1.54, 1.807) is 0 Å². The average Bonchev–Trinajstić information content (AvgIpc) is 2.97. The molecule has 1 fully saturated rings. The van der Waals surface area contributed by atoms with Crippen LogP contribution in [0.25, 0.3) is 0 Å². The van der Waals surface area contributed by atoms with Crippen molar-refractivity contribution in [3.63, 3.8) is 0 Å². The van der Waals surface area contributed by atoms with Crippen LogP contribution in [0.2, 0.25) is 0 Å². The van der Waals surface area contributed by atoms with Crippen molar-refractivity contribution in [1.82, 2.24) is 4.90 Å². The second-order valence-electron chi connectivity index (χ2n) is 5.51. The van der Waals surface area contributed by atoms with Crippen LogP contribution in [0, 0.1) is 5.92 Å². The van der Waals surface area contributed by atoms with Crippen molar-refractivity contribution in [2.75, 3.05) is 26.0 Å². The smallest absolute Gasteiger partial charge is 0.308 e. The highest BCUT2D eigenvalue weighted by Crippen LogP contribution is 2.18. The lowest BCUT2D eigenvalue weighted by Gasteiger charge is -2.16. The Hall–Kier alpha value is -2.09. The maximum atomic E-state index is 12.0. The van der Waals surface area contributed by atoms with Gasteiger partial charge in [0.15, 0.2) is 9.84 Å². The lowest BCUT2D eigenvalue weighted by atomic mass is 10.1. The number of hydrogen-bond donors (Lipinski definition) is 1. The molecule has 0 saturated carbocycles.